The molecular formula is C26H34O8. The van der Waals surface area contributed by atoms with Crippen molar-refractivity contribution in [3.63, 3.8) is 0 Å². The Hall–Kier alpha value is -3.42. The number of ketones is 2. The zero-order chi connectivity index (χ0) is 25.9. The Balaban J connectivity index is 2.85. The van der Waals surface area contributed by atoms with E-state index < -0.39 is 17.4 Å². The van der Waals surface area contributed by atoms with Crippen molar-refractivity contribution in [1.29, 1.82) is 0 Å². The lowest BCUT2D eigenvalue weighted by Crippen LogP contribution is -2.14. The highest BCUT2D eigenvalue weighted by molar-refractivity contribution is 6.04. The number of hydrogen-bond acceptors (Lipinski definition) is 8. The molecule has 0 aromatic heterocycles. The van der Waals surface area contributed by atoms with Gasteiger partial charge in [0.05, 0.1) is 14.2 Å². The van der Waals surface area contributed by atoms with Gasteiger partial charge in [0.2, 0.25) is 0 Å². The van der Waals surface area contributed by atoms with Crippen LogP contribution in [0.25, 0.3) is 0 Å². The third-order valence-corrected chi connectivity index (χ3v) is 6.29. The van der Waals surface area contributed by atoms with Crippen molar-refractivity contribution in [3.8, 4) is 34.5 Å². The van der Waals surface area contributed by atoms with Gasteiger partial charge >= 0.3 is 0 Å². The van der Waals surface area contributed by atoms with E-state index in [0.29, 0.717) is 12.8 Å². The van der Waals surface area contributed by atoms with E-state index in [-0.39, 0.29) is 80.8 Å². The molecule has 4 N–H and O–H groups in total. The van der Waals surface area contributed by atoms with Crippen molar-refractivity contribution in [1.82, 2.24) is 0 Å². The summed E-state index contributed by atoms with van der Waals surface area (Å²) in [6, 6.07) is 0. The molecule has 0 amide bonds. The maximum absolute atomic E-state index is 13.0. The van der Waals surface area contributed by atoms with Gasteiger partial charge in [-0.1, -0.05) is 20.8 Å². The van der Waals surface area contributed by atoms with Gasteiger partial charge in [0, 0.05) is 41.0 Å². The van der Waals surface area contributed by atoms with Crippen LogP contribution in [-0.4, -0.2) is 46.2 Å². The van der Waals surface area contributed by atoms with Crippen LogP contribution in [-0.2, 0) is 6.42 Å². The number of ether oxygens (including phenoxy) is 2. The SMILES string of the molecule is CCCC(=O)c1c(O)c(Cc2c(O)c(C)c(OC)c(C(=O)C(C)CC)c2O)c(O)c(C)c1OC. The molecule has 0 aliphatic rings. The van der Waals surface area contributed by atoms with E-state index >= 15 is 0 Å². The zero-order valence-corrected chi connectivity index (χ0v) is 20.8. The minimum absolute atomic E-state index is 0.0576. The van der Waals surface area contributed by atoms with E-state index in [9.17, 15) is 30.0 Å². The van der Waals surface area contributed by atoms with E-state index in [1.807, 2.05) is 13.8 Å². The summed E-state index contributed by atoms with van der Waals surface area (Å²) in [5, 5.41) is 43.8. The minimum atomic E-state index is -0.501. The summed E-state index contributed by atoms with van der Waals surface area (Å²) in [6.45, 7) is 8.46. The molecule has 34 heavy (non-hydrogen) atoms. The fraction of sp³-hybridized carbons (Fsp3) is 0.462. The lowest BCUT2D eigenvalue weighted by atomic mass is 9.88. The van der Waals surface area contributed by atoms with E-state index in [4.69, 9.17) is 9.47 Å². The number of hydrogen-bond donors (Lipinski definition) is 4. The molecule has 8 nitrogen and oxygen atoms in total. The fourth-order valence-corrected chi connectivity index (χ4v) is 4.08. The largest absolute Gasteiger partial charge is 0.507 e. The van der Waals surface area contributed by atoms with Crippen molar-refractivity contribution in [2.75, 3.05) is 14.2 Å². The van der Waals surface area contributed by atoms with Gasteiger partial charge in [0.1, 0.15) is 45.6 Å². The molecule has 2 rings (SSSR count). The molecule has 2 aromatic carbocycles. The van der Waals surface area contributed by atoms with E-state index in [2.05, 4.69) is 0 Å². The topological polar surface area (TPSA) is 134 Å². The highest BCUT2D eigenvalue weighted by Crippen LogP contribution is 2.48. The lowest BCUT2D eigenvalue weighted by molar-refractivity contribution is 0.0919. The van der Waals surface area contributed by atoms with E-state index in [0.717, 1.165) is 0 Å². The van der Waals surface area contributed by atoms with Crippen LogP contribution in [0.3, 0.4) is 0 Å². The maximum atomic E-state index is 13.0. The van der Waals surface area contributed by atoms with Crippen LogP contribution in [0.15, 0.2) is 0 Å². The first kappa shape index (κ1) is 26.8. The smallest absolute Gasteiger partial charge is 0.173 e. The summed E-state index contributed by atoms with van der Waals surface area (Å²) in [7, 11) is 2.67. The van der Waals surface area contributed by atoms with Crippen molar-refractivity contribution in [3.05, 3.63) is 33.4 Å². The predicted octanol–water partition coefficient (Wildman–Crippen LogP) is 4.95. The monoisotopic (exact) mass is 474 g/mol. The Morgan fingerprint density at radius 2 is 1.24 bits per heavy atom. The number of carbonyl (C=O) groups excluding carboxylic acids is 2. The molecule has 0 radical (unpaired) electrons. The lowest BCUT2D eigenvalue weighted by Gasteiger charge is -2.22. The third-order valence-electron chi connectivity index (χ3n) is 6.29. The van der Waals surface area contributed by atoms with Gasteiger partial charge in [-0.15, -0.1) is 0 Å². The summed E-state index contributed by atoms with van der Waals surface area (Å²) in [4.78, 5) is 25.8. The Bertz CT molecular complexity index is 1120. The Labute approximate surface area is 199 Å². The number of rotatable bonds is 10. The average Bonchev–Trinajstić information content (AvgIpc) is 2.81. The molecule has 0 fully saturated rings. The number of carbonyl (C=O) groups is 2. The summed E-state index contributed by atoms with van der Waals surface area (Å²) >= 11 is 0. The van der Waals surface area contributed by atoms with Gasteiger partial charge in [-0.05, 0) is 26.7 Å². The van der Waals surface area contributed by atoms with Gasteiger partial charge in [0.25, 0.3) is 0 Å². The average molecular weight is 475 g/mol. The molecule has 0 aliphatic carbocycles. The van der Waals surface area contributed by atoms with Crippen molar-refractivity contribution in [2.45, 2.75) is 60.3 Å². The van der Waals surface area contributed by atoms with Gasteiger partial charge in [-0.3, -0.25) is 9.59 Å². The van der Waals surface area contributed by atoms with Gasteiger partial charge in [0.15, 0.2) is 11.6 Å². The third kappa shape index (κ3) is 4.49. The molecule has 1 atom stereocenters. The highest BCUT2D eigenvalue weighted by atomic mass is 16.5. The summed E-state index contributed by atoms with van der Waals surface area (Å²) < 4.78 is 10.6. The molecule has 8 heteroatoms. The minimum Gasteiger partial charge on any atom is -0.507 e. The van der Waals surface area contributed by atoms with Crippen molar-refractivity contribution in [2.24, 2.45) is 5.92 Å². The highest BCUT2D eigenvalue weighted by Gasteiger charge is 2.32. The normalized spacial score (nSPS) is 11.9. The zero-order valence-electron chi connectivity index (χ0n) is 20.8. The second-order valence-electron chi connectivity index (χ2n) is 8.44. The first-order valence-corrected chi connectivity index (χ1v) is 11.3. The number of Topliss-reactive ketones (excluding diaryl/α,β-unsaturated/α-hetero) is 2. The summed E-state index contributed by atoms with van der Waals surface area (Å²) in [5.74, 6) is -2.72. The quantitative estimate of drug-likeness (QED) is 0.356. The molecular weight excluding hydrogens is 440 g/mol. The van der Waals surface area contributed by atoms with Crippen LogP contribution >= 0.6 is 0 Å². The number of benzene rings is 2. The standard InChI is InChI=1S/C26H34O8/c1-8-10-17(27)18-23(31)15(21(29)13(4)25(18)33-6)11-16-22(30)14(5)26(34-7)19(24(16)32)20(28)12(3)9-2/h12,29-32H,8-11H2,1-7H3. The number of aromatic hydroxyl groups is 4. The van der Waals surface area contributed by atoms with Crippen LogP contribution in [0.5, 0.6) is 34.5 Å². The van der Waals surface area contributed by atoms with Crippen molar-refractivity contribution >= 4 is 11.6 Å². The molecule has 0 aliphatic heterocycles. The Morgan fingerprint density at radius 1 is 0.794 bits per heavy atom. The second-order valence-corrected chi connectivity index (χ2v) is 8.44. The molecule has 0 heterocycles. The molecule has 0 saturated heterocycles. The number of methoxy groups -OCH3 is 2. The molecule has 186 valence electrons. The van der Waals surface area contributed by atoms with E-state index in [1.54, 1.807) is 13.8 Å². The van der Waals surface area contributed by atoms with E-state index in [1.165, 1.54) is 21.1 Å². The van der Waals surface area contributed by atoms with Crippen LogP contribution < -0.4 is 9.47 Å². The number of phenols is 4. The molecule has 1 unspecified atom stereocenters. The Morgan fingerprint density at radius 3 is 1.65 bits per heavy atom. The Kier molecular flexibility index (Phi) is 8.42. The van der Waals surface area contributed by atoms with Gasteiger partial charge in [-0.25, -0.2) is 0 Å². The summed E-state index contributed by atoms with van der Waals surface area (Å²) in [6.07, 6.45) is 0.868. The number of phenolic OH excluding ortho intramolecular Hbond substituents is 4. The second kappa shape index (κ2) is 10.7. The van der Waals surface area contributed by atoms with Gasteiger partial charge in [-0.2, -0.15) is 0 Å². The first-order valence-electron chi connectivity index (χ1n) is 11.3. The molecule has 0 spiro atoms. The molecule has 0 saturated carbocycles. The van der Waals surface area contributed by atoms with Crippen molar-refractivity contribution < 1.29 is 39.5 Å². The fourth-order valence-electron chi connectivity index (χ4n) is 4.08. The maximum Gasteiger partial charge on any atom is 0.173 e. The first-order chi connectivity index (χ1) is 16.0. The van der Waals surface area contributed by atoms with Crippen LogP contribution in [0.1, 0.15) is 83.0 Å². The molecule has 2 aromatic rings. The van der Waals surface area contributed by atoms with Crippen LogP contribution in [0.2, 0.25) is 0 Å². The summed E-state index contributed by atoms with van der Waals surface area (Å²) in [5.41, 5.74) is 0.163. The van der Waals surface area contributed by atoms with Crippen LogP contribution in [0.4, 0.5) is 0 Å². The molecule has 0 bridgehead atoms. The predicted molar refractivity (Wildman–Crippen MR) is 128 cm³/mol. The van der Waals surface area contributed by atoms with Crippen LogP contribution in [0, 0.1) is 19.8 Å². The van der Waals surface area contributed by atoms with Gasteiger partial charge < -0.3 is 29.9 Å².